The van der Waals surface area contributed by atoms with Crippen molar-refractivity contribution < 1.29 is 0 Å². The Bertz CT molecular complexity index is 2200. The number of fused-ring (bicyclic) bond motifs is 2. The van der Waals surface area contributed by atoms with Gasteiger partial charge in [0.1, 0.15) is 0 Å². The van der Waals surface area contributed by atoms with Gasteiger partial charge >= 0.3 is 0 Å². The van der Waals surface area contributed by atoms with E-state index in [-0.39, 0.29) is 0 Å². The summed E-state index contributed by atoms with van der Waals surface area (Å²) in [4.78, 5) is 14.7. The van der Waals surface area contributed by atoms with Gasteiger partial charge in [0.25, 0.3) is 0 Å². The molecule has 0 spiro atoms. The monoisotopic (exact) mass is 561 g/mol. The van der Waals surface area contributed by atoms with Crippen molar-refractivity contribution >= 4 is 21.5 Å². The van der Waals surface area contributed by atoms with Crippen LogP contribution in [0.2, 0.25) is 0 Å². The van der Waals surface area contributed by atoms with Crippen LogP contribution in [0.25, 0.3) is 78.0 Å². The van der Waals surface area contributed by atoms with Crippen molar-refractivity contribution in [1.82, 2.24) is 15.0 Å². The van der Waals surface area contributed by atoms with Crippen molar-refractivity contribution in [3.05, 3.63) is 164 Å². The van der Waals surface area contributed by atoms with Gasteiger partial charge < -0.3 is 0 Å². The minimum absolute atomic E-state index is 0.650. The lowest BCUT2D eigenvalue weighted by molar-refractivity contribution is 1.07. The van der Waals surface area contributed by atoms with Crippen molar-refractivity contribution in [3.63, 3.8) is 0 Å². The molecule has 0 bridgehead atoms. The number of benzene rings is 7. The lowest BCUT2D eigenvalue weighted by atomic mass is 9.89. The van der Waals surface area contributed by atoms with Gasteiger partial charge in [0.05, 0.1) is 0 Å². The predicted octanol–water partition coefficient (Wildman–Crippen LogP) is 10.5. The molecule has 7 aromatic carbocycles. The van der Waals surface area contributed by atoms with Crippen molar-refractivity contribution in [3.8, 4) is 56.4 Å². The Balaban J connectivity index is 1.27. The lowest BCUT2D eigenvalue weighted by Crippen LogP contribution is -2.00. The summed E-state index contributed by atoms with van der Waals surface area (Å²) < 4.78 is 0. The number of hydrogen-bond acceptors (Lipinski definition) is 3. The molecule has 0 aliphatic heterocycles. The van der Waals surface area contributed by atoms with Crippen molar-refractivity contribution in [2.75, 3.05) is 0 Å². The second-order valence-electron chi connectivity index (χ2n) is 10.9. The van der Waals surface area contributed by atoms with Crippen LogP contribution in [0.15, 0.2) is 164 Å². The fourth-order valence-electron chi connectivity index (χ4n) is 5.90. The first-order valence-electron chi connectivity index (χ1n) is 14.8. The van der Waals surface area contributed by atoms with Gasteiger partial charge in [0, 0.05) is 16.7 Å². The predicted molar refractivity (Wildman–Crippen MR) is 182 cm³/mol. The molecule has 1 aromatic heterocycles. The van der Waals surface area contributed by atoms with E-state index in [1.165, 1.54) is 38.2 Å². The molecule has 0 unspecified atom stereocenters. The van der Waals surface area contributed by atoms with Crippen LogP contribution < -0.4 is 0 Å². The van der Waals surface area contributed by atoms with Crippen LogP contribution in [0.1, 0.15) is 0 Å². The zero-order valence-electron chi connectivity index (χ0n) is 23.9. The highest BCUT2D eigenvalue weighted by atomic mass is 15.0. The molecule has 1 heterocycles. The number of hydrogen-bond donors (Lipinski definition) is 0. The summed E-state index contributed by atoms with van der Waals surface area (Å²) in [6.45, 7) is 0. The summed E-state index contributed by atoms with van der Waals surface area (Å²) >= 11 is 0. The van der Waals surface area contributed by atoms with Crippen LogP contribution in [0.5, 0.6) is 0 Å². The van der Waals surface area contributed by atoms with Crippen molar-refractivity contribution in [2.45, 2.75) is 0 Å². The Morgan fingerprint density at radius 1 is 0.295 bits per heavy atom. The summed E-state index contributed by atoms with van der Waals surface area (Å²) in [5.74, 6) is 1.97. The zero-order valence-corrected chi connectivity index (χ0v) is 23.9. The third-order valence-corrected chi connectivity index (χ3v) is 8.12. The molecular weight excluding hydrogens is 534 g/mol. The smallest absolute Gasteiger partial charge is 0.164 e. The standard InChI is InChI=1S/C41H27N3/c1-3-13-31(14-4-1)39-42-40(32-15-5-2-6-16-32)44-41(43-39)33-22-20-30(21-23-33)38-36-18-10-9-12-29(36)25-26-37(38)35-24-19-28-11-7-8-17-34(28)27-35/h1-27H. The average Bonchev–Trinajstić information content (AvgIpc) is 3.11. The van der Waals surface area contributed by atoms with Crippen LogP contribution in [0, 0.1) is 0 Å². The quantitative estimate of drug-likeness (QED) is 0.210. The SMILES string of the molecule is c1ccc(-c2nc(-c3ccccc3)nc(-c3ccc(-c4c(-c5ccc6ccccc6c5)ccc5ccccc45)cc3)n2)cc1. The molecule has 44 heavy (non-hydrogen) atoms. The molecule has 0 amide bonds. The average molecular weight is 562 g/mol. The molecule has 0 fully saturated rings. The van der Waals surface area contributed by atoms with Crippen LogP contribution in [0.3, 0.4) is 0 Å². The Labute approximate surface area is 256 Å². The highest BCUT2D eigenvalue weighted by molar-refractivity contribution is 6.05. The van der Waals surface area contributed by atoms with E-state index in [1.807, 2.05) is 60.7 Å². The second kappa shape index (κ2) is 11.0. The van der Waals surface area contributed by atoms with Gasteiger partial charge in [-0.15, -0.1) is 0 Å². The van der Waals surface area contributed by atoms with Crippen molar-refractivity contribution in [1.29, 1.82) is 0 Å². The van der Waals surface area contributed by atoms with Crippen LogP contribution in [-0.4, -0.2) is 15.0 Å². The molecule has 8 rings (SSSR count). The maximum absolute atomic E-state index is 4.92. The summed E-state index contributed by atoms with van der Waals surface area (Å²) in [7, 11) is 0. The third-order valence-electron chi connectivity index (χ3n) is 8.12. The summed E-state index contributed by atoms with van der Waals surface area (Å²) in [6.07, 6.45) is 0. The zero-order chi connectivity index (χ0) is 29.3. The van der Waals surface area contributed by atoms with Gasteiger partial charge in [-0.1, -0.05) is 158 Å². The molecule has 0 aliphatic rings. The Hall–Kier alpha value is -5.93. The maximum atomic E-state index is 4.92. The first-order chi connectivity index (χ1) is 21.8. The molecule has 3 nitrogen and oxygen atoms in total. The van der Waals surface area contributed by atoms with Gasteiger partial charge in [-0.3, -0.25) is 0 Å². The molecule has 0 aliphatic carbocycles. The van der Waals surface area contributed by atoms with E-state index in [9.17, 15) is 0 Å². The highest BCUT2D eigenvalue weighted by Crippen LogP contribution is 2.39. The van der Waals surface area contributed by atoms with E-state index in [1.54, 1.807) is 0 Å². The minimum Gasteiger partial charge on any atom is -0.208 e. The van der Waals surface area contributed by atoms with E-state index in [2.05, 4.69) is 103 Å². The Morgan fingerprint density at radius 3 is 1.39 bits per heavy atom. The maximum Gasteiger partial charge on any atom is 0.164 e. The number of aromatic nitrogens is 3. The van der Waals surface area contributed by atoms with E-state index in [4.69, 9.17) is 15.0 Å². The van der Waals surface area contributed by atoms with Gasteiger partial charge in [-0.2, -0.15) is 0 Å². The van der Waals surface area contributed by atoms with Gasteiger partial charge in [-0.05, 0) is 49.9 Å². The molecule has 8 aromatic rings. The minimum atomic E-state index is 0.650. The molecule has 0 saturated heterocycles. The molecule has 0 radical (unpaired) electrons. The van der Waals surface area contributed by atoms with Gasteiger partial charge in [0.2, 0.25) is 0 Å². The van der Waals surface area contributed by atoms with E-state index < -0.39 is 0 Å². The van der Waals surface area contributed by atoms with Crippen LogP contribution in [-0.2, 0) is 0 Å². The van der Waals surface area contributed by atoms with E-state index in [0.29, 0.717) is 17.5 Å². The normalized spacial score (nSPS) is 11.2. The summed E-state index contributed by atoms with van der Waals surface area (Å²) in [5, 5.41) is 4.92. The Morgan fingerprint density at radius 2 is 0.750 bits per heavy atom. The molecule has 0 atom stereocenters. The largest absolute Gasteiger partial charge is 0.208 e. The molecule has 3 heteroatoms. The molecule has 206 valence electrons. The lowest BCUT2D eigenvalue weighted by Gasteiger charge is -2.15. The van der Waals surface area contributed by atoms with E-state index in [0.717, 1.165) is 22.3 Å². The van der Waals surface area contributed by atoms with Gasteiger partial charge in [0.15, 0.2) is 17.5 Å². The summed E-state index contributed by atoms with van der Waals surface area (Å²) in [5.41, 5.74) is 7.63. The van der Waals surface area contributed by atoms with Gasteiger partial charge in [-0.25, -0.2) is 15.0 Å². The first kappa shape index (κ1) is 25.8. The fourth-order valence-corrected chi connectivity index (χ4v) is 5.90. The van der Waals surface area contributed by atoms with Crippen LogP contribution in [0.4, 0.5) is 0 Å². The second-order valence-corrected chi connectivity index (χ2v) is 10.9. The summed E-state index contributed by atoms with van der Waals surface area (Å²) in [6, 6.07) is 57.1. The molecule has 0 saturated carbocycles. The van der Waals surface area contributed by atoms with E-state index >= 15 is 0 Å². The fraction of sp³-hybridized carbons (Fsp3) is 0. The number of nitrogens with zero attached hydrogens (tertiary/aromatic N) is 3. The Kier molecular flexibility index (Phi) is 6.47. The highest BCUT2D eigenvalue weighted by Gasteiger charge is 2.15. The van der Waals surface area contributed by atoms with Crippen LogP contribution >= 0.6 is 0 Å². The topological polar surface area (TPSA) is 38.7 Å². The molecule has 0 N–H and O–H groups in total. The molecular formula is C41H27N3. The van der Waals surface area contributed by atoms with Crippen molar-refractivity contribution in [2.24, 2.45) is 0 Å². The first-order valence-corrected chi connectivity index (χ1v) is 14.8. The third kappa shape index (κ3) is 4.81. The number of rotatable bonds is 5.